The molecule has 0 saturated carbocycles. The highest BCUT2D eigenvalue weighted by molar-refractivity contribution is 5.78. The molecule has 2 rings (SSSR count). The van der Waals surface area contributed by atoms with Gasteiger partial charge in [-0.25, -0.2) is 4.63 Å². The zero-order chi connectivity index (χ0) is 15.4. The molecule has 0 spiro atoms. The van der Waals surface area contributed by atoms with Crippen molar-refractivity contribution in [1.29, 1.82) is 0 Å². The molecule has 1 unspecified atom stereocenters. The first-order valence-corrected chi connectivity index (χ1v) is 6.71. The van der Waals surface area contributed by atoms with E-state index in [2.05, 4.69) is 14.9 Å². The van der Waals surface area contributed by atoms with E-state index in [1.807, 2.05) is 31.2 Å². The molecule has 1 atom stereocenters. The van der Waals surface area contributed by atoms with Crippen molar-refractivity contribution in [3.05, 3.63) is 41.2 Å². The summed E-state index contributed by atoms with van der Waals surface area (Å²) in [5.41, 5.74) is 2.17. The number of carbonyl (C=O) groups is 1. The second-order valence-electron chi connectivity index (χ2n) is 4.90. The number of hydrogen-bond donors (Lipinski definition) is 0. The number of aryl methyl sites for hydroxylation is 1. The maximum absolute atomic E-state index is 12.4. The molecule has 1 heterocycles. The molecule has 0 aliphatic heterocycles. The minimum absolute atomic E-state index is 0.0489. The van der Waals surface area contributed by atoms with Crippen LogP contribution in [0.25, 0.3) is 0 Å². The third kappa shape index (κ3) is 3.21. The van der Waals surface area contributed by atoms with Crippen LogP contribution in [0, 0.1) is 6.92 Å². The van der Waals surface area contributed by atoms with Gasteiger partial charge in [-0.05, 0) is 19.9 Å². The summed E-state index contributed by atoms with van der Waals surface area (Å²) in [5.74, 6) is 0.719. The molecule has 2 aromatic rings. The molecule has 0 fully saturated rings. The standard InChI is InChI=1S/C15H19N3O3/c1-10-13(17-21-16-10)9-15(19)18(3)11(2)12-7-5-6-8-14(12)20-4/h5-8,11H,9H2,1-4H3. The Morgan fingerprint density at radius 3 is 2.71 bits per heavy atom. The van der Waals surface area contributed by atoms with Crippen LogP contribution in [0.5, 0.6) is 5.75 Å². The van der Waals surface area contributed by atoms with Crippen LogP contribution in [-0.2, 0) is 11.2 Å². The smallest absolute Gasteiger partial charge is 0.229 e. The molecule has 1 aromatic carbocycles. The van der Waals surface area contributed by atoms with Gasteiger partial charge in [-0.1, -0.05) is 28.5 Å². The molecule has 0 bridgehead atoms. The largest absolute Gasteiger partial charge is 0.496 e. The number of amides is 1. The molecule has 21 heavy (non-hydrogen) atoms. The van der Waals surface area contributed by atoms with Crippen molar-refractivity contribution in [2.45, 2.75) is 26.3 Å². The van der Waals surface area contributed by atoms with Gasteiger partial charge in [0.05, 0.1) is 19.6 Å². The minimum atomic E-state index is -0.103. The summed E-state index contributed by atoms with van der Waals surface area (Å²) in [6.07, 6.45) is 0.172. The van der Waals surface area contributed by atoms with Crippen molar-refractivity contribution in [2.75, 3.05) is 14.2 Å². The van der Waals surface area contributed by atoms with Gasteiger partial charge in [-0.15, -0.1) is 0 Å². The van der Waals surface area contributed by atoms with E-state index < -0.39 is 0 Å². The molecule has 6 nitrogen and oxygen atoms in total. The second-order valence-corrected chi connectivity index (χ2v) is 4.90. The van der Waals surface area contributed by atoms with Crippen LogP contribution < -0.4 is 4.74 Å². The lowest BCUT2D eigenvalue weighted by molar-refractivity contribution is -0.131. The highest BCUT2D eigenvalue weighted by Crippen LogP contribution is 2.28. The molecule has 6 heteroatoms. The monoisotopic (exact) mass is 289 g/mol. The van der Waals surface area contributed by atoms with Gasteiger partial charge in [0, 0.05) is 12.6 Å². The number of carbonyl (C=O) groups excluding carboxylic acids is 1. The first-order valence-electron chi connectivity index (χ1n) is 6.71. The summed E-state index contributed by atoms with van der Waals surface area (Å²) in [6.45, 7) is 3.73. The van der Waals surface area contributed by atoms with Crippen LogP contribution in [0.15, 0.2) is 28.9 Å². The van der Waals surface area contributed by atoms with E-state index >= 15 is 0 Å². The number of hydrogen-bond acceptors (Lipinski definition) is 5. The summed E-state index contributed by atoms with van der Waals surface area (Å²) < 4.78 is 9.96. The zero-order valence-electron chi connectivity index (χ0n) is 12.7. The van der Waals surface area contributed by atoms with Crippen LogP contribution in [0.3, 0.4) is 0 Å². The van der Waals surface area contributed by atoms with E-state index in [9.17, 15) is 4.79 Å². The number of methoxy groups -OCH3 is 1. The Labute approximate surface area is 123 Å². The van der Waals surface area contributed by atoms with Gasteiger partial charge in [0.25, 0.3) is 0 Å². The normalized spacial score (nSPS) is 12.0. The van der Waals surface area contributed by atoms with Gasteiger partial charge in [0.1, 0.15) is 17.1 Å². The maximum atomic E-state index is 12.4. The van der Waals surface area contributed by atoms with Crippen molar-refractivity contribution in [3.63, 3.8) is 0 Å². The van der Waals surface area contributed by atoms with Crippen molar-refractivity contribution in [3.8, 4) is 5.75 Å². The summed E-state index contributed by atoms with van der Waals surface area (Å²) in [7, 11) is 3.39. The average molecular weight is 289 g/mol. The molecular formula is C15H19N3O3. The summed E-state index contributed by atoms with van der Waals surface area (Å²) >= 11 is 0. The first kappa shape index (κ1) is 15.0. The van der Waals surface area contributed by atoms with E-state index in [1.54, 1.807) is 26.0 Å². The fourth-order valence-corrected chi connectivity index (χ4v) is 2.11. The number of aromatic nitrogens is 2. The van der Waals surface area contributed by atoms with Gasteiger partial charge in [0.2, 0.25) is 5.91 Å². The molecule has 0 radical (unpaired) electrons. The number of nitrogens with zero attached hydrogens (tertiary/aromatic N) is 3. The van der Waals surface area contributed by atoms with E-state index in [0.29, 0.717) is 11.4 Å². The number of benzene rings is 1. The van der Waals surface area contributed by atoms with E-state index in [0.717, 1.165) is 11.3 Å². The lowest BCUT2D eigenvalue weighted by Crippen LogP contribution is -2.31. The van der Waals surface area contributed by atoms with Crippen LogP contribution in [0.4, 0.5) is 0 Å². The second kappa shape index (κ2) is 6.39. The Hall–Kier alpha value is -2.37. The third-order valence-corrected chi connectivity index (χ3v) is 3.63. The predicted molar refractivity (Wildman–Crippen MR) is 76.9 cm³/mol. The van der Waals surface area contributed by atoms with E-state index in [4.69, 9.17) is 4.74 Å². The number of likely N-dealkylation sites (N-methyl/N-ethyl adjacent to an activating group) is 1. The highest BCUT2D eigenvalue weighted by Gasteiger charge is 2.22. The molecule has 0 N–H and O–H groups in total. The quantitative estimate of drug-likeness (QED) is 0.843. The van der Waals surface area contributed by atoms with Crippen molar-refractivity contribution >= 4 is 5.91 Å². The van der Waals surface area contributed by atoms with Crippen LogP contribution >= 0.6 is 0 Å². The van der Waals surface area contributed by atoms with Crippen molar-refractivity contribution in [2.24, 2.45) is 0 Å². The molecule has 0 aliphatic rings. The fourth-order valence-electron chi connectivity index (χ4n) is 2.11. The number of para-hydroxylation sites is 1. The van der Waals surface area contributed by atoms with Gasteiger partial charge in [-0.2, -0.15) is 0 Å². The molecule has 0 aliphatic carbocycles. The van der Waals surface area contributed by atoms with E-state index in [1.165, 1.54) is 0 Å². The summed E-state index contributed by atoms with van der Waals surface area (Å²) in [5, 5.41) is 7.43. The number of rotatable bonds is 5. The lowest BCUT2D eigenvalue weighted by atomic mass is 10.1. The summed E-state index contributed by atoms with van der Waals surface area (Å²) in [4.78, 5) is 14.0. The zero-order valence-corrected chi connectivity index (χ0v) is 12.7. The van der Waals surface area contributed by atoms with Gasteiger partial charge in [0.15, 0.2) is 0 Å². The van der Waals surface area contributed by atoms with Gasteiger partial charge < -0.3 is 9.64 Å². The van der Waals surface area contributed by atoms with Crippen LogP contribution in [-0.4, -0.2) is 35.3 Å². The predicted octanol–water partition coefficient (Wildman–Crippen LogP) is 2.15. The third-order valence-electron chi connectivity index (χ3n) is 3.63. The topological polar surface area (TPSA) is 68.5 Å². The fraction of sp³-hybridized carbons (Fsp3) is 0.400. The molecule has 1 amide bonds. The Morgan fingerprint density at radius 2 is 2.10 bits per heavy atom. The Balaban J connectivity index is 2.13. The van der Waals surface area contributed by atoms with Crippen LogP contribution in [0.2, 0.25) is 0 Å². The van der Waals surface area contributed by atoms with Gasteiger partial charge in [-0.3, -0.25) is 4.79 Å². The molecular weight excluding hydrogens is 270 g/mol. The van der Waals surface area contributed by atoms with Crippen molar-refractivity contribution < 1.29 is 14.2 Å². The molecule has 0 saturated heterocycles. The first-order chi connectivity index (χ1) is 10.0. The van der Waals surface area contributed by atoms with Crippen molar-refractivity contribution in [1.82, 2.24) is 15.2 Å². The number of ether oxygens (including phenoxy) is 1. The SMILES string of the molecule is COc1ccccc1C(C)N(C)C(=O)Cc1nonc1C. The lowest BCUT2D eigenvalue weighted by Gasteiger charge is -2.26. The Morgan fingerprint density at radius 1 is 1.38 bits per heavy atom. The molecule has 112 valence electrons. The molecule has 1 aromatic heterocycles. The Bertz CT molecular complexity index is 624. The Kier molecular flexibility index (Phi) is 4.57. The average Bonchev–Trinajstić information content (AvgIpc) is 2.90. The van der Waals surface area contributed by atoms with E-state index in [-0.39, 0.29) is 18.4 Å². The summed E-state index contributed by atoms with van der Waals surface area (Å²) in [6, 6.07) is 7.57. The van der Waals surface area contributed by atoms with Gasteiger partial charge >= 0.3 is 0 Å². The van der Waals surface area contributed by atoms with Crippen LogP contribution in [0.1, 0.15) is 29.9 Å². The maximum Gasteiger partial charge on any atom is 0.229 e. The minimum Gasteiger partial charge on any atom is -0.496 e. The highest BCUT2D eigenvalue weighted by atomic mass is 16.6.